The summed E-state index contributed by atoms with van der Waals surface area (Å²) in [6.07, 6.45) is 0.831. The van der Waals surface area contributed by atoms with Crippen molar-refractivity contribution in [1.82, 2.24) is 10.2 Å². The summed E-state index contributed by atoms with van der Waals surface area (Å²) < 4.78 is 40.4. The van der Waals surface area contributed by atoms with Gasteiger partial charge in [-0.2, -0.15) is 0 Å². The Morgan fingerprint density at radius 3 is 2.10 bits per heavy atom. The van der Waals surface area contributed by atoms with E-state index >= 15 is 0 Å². The summed E-state index contributed by atoms with van der Waals surface area (Å²) in [6.45, 7) is 3.10. The zero-order valence-electron chi connectivity index (χ0n) is 27.5. The summed E-state index contributed by atoms with van der Waals surface area (Å²) in [6, 6.07) is 23.3. The van der Waals surface area contributed by atoms with Crippen LogP contribution in [-0.4, -0.2) is 58.0 Å². The number of methoxy groups -OCH3 is 2. The van der Waals surface area contributed by atoms with Gasteiger partial charge in [0.15, 0.2) is 11.5 Å². The molecule has 0 fully saturated rings. The van der Waals surface area contributed by atoms with E-state index < -0.39 is 28.5 Å². The molecule has 0 spiro atoms. The van der Waals surface area contributed by atoms with Crippen LogP contribution in [0.2, 0.25) is 15.1 Å². The monoisotopic (exact) mass is 745 g/mol. The van der Waals surface area contributed by atoms with Crippen molar-refractivity contribution in [2.24, 2.45) is 0 Å². The number of carbonyl (C=O) groups excluding carboxylic acids is 2. The van der Waals surface area contributed by atoms with Crippen molar-refractivity contribution in [3.8, 4) is 11.5 Å². The van der Waals surface area contributed by atoms with Gasteiger partial charge in [0.1, 0.15) is 12.6 Å². The number of amides is 2. The Morgan fingerprint density at radius 1 is 0.816 bits per heavy atom. The second kappa shape index (κ2) is 17.1. The molecule has 4 aromatic carbocycles. The van der Waals surface area contributed by atoms with Gasteiger partial charge in [-0.05, 0) is 73.0 Å². The van der Waals surface area contributed by atoms with Gasteiger partial charge >= 0.3 is 0 Å². The summed E-state index contributed by atoms with van der Waals surface area (Å²) in [4.78, 5) is 29.9. The smallest absolute Gasteiger partial charge is 0.264 e. The molecular weight excluding hydrogens is 709 g/mol. The molecule has 1 N–H and O–H groups in total. The normalized spacial score (nSPS) is 12.5. The number of carbonyl (C=O) groups is 2. The number of nitrogens with one attached hydrogen (secondary N) is 1. The molecular formula is C36H38Cl3N3O6S. The number of sulfonamides is 1. The van der Waals surface area contributed by atoms with E-state index in [1.165, 1.54) is 61.6 Å². The molecule has 0 aliphatic heterocycles. The molecule has 9 nitrogen and oxygen atoms in total. The van der Waals surface area contributed by atoms with E-state index in [0.29, 0.717) is 27.8 Å². The van der Waals surface area contributed by atoms with Crippen LogP contribution >= 0.6 is 34.8 Å². The molecule has 2 atom stereocenters. The molecule has 0 radical (unpaired) electrons. The van der Waals surface area contributed by atoms with Gasteiger partial charge in [0, 0.05) is 30.1 Å². The maximum atomic E-state index is 14.7. The van der Waals surface area contributed by atoms with E-state index in [1.807, 2.05) is 44.2 Å². The maximum Gasteiger partial charge on any atom is 0.264 e. The van der Waals surface area contributed by atoms with Crippen LogP contribution in [0.3, 0.4) is 0 Å². The zero-order valence-corrected chi connectivity index (χ0v) is 30.6. The van der Waals surface area contributed by atoms with Crippen LogP contribution in [0.1, 0.15) is 31.4 Å². The summed E-state index contributed by atoms with van der Waals surface area (Å²) >= 11 is 18.7. The highest BCUT2D eigenvalue weighted by molar-refractivity contribution is 7.92. The van der Waals surface area contributed by atoms with E-state index in [0.717, 1.165) is 9.87 Å². The molecule has 0 bridgehead atoms. The lowest BCUT2D eigenvalue weighted by atomic mass is 10.0. The minimum Gasteiger partial charge on any atom is -0.493 e. The Bertz CT molecular complexity index is 1860. The average molecular weight is 747 g/mol. The van der Waals surface area contributed by atoms with Crippen molar-refractivity contribution in [3.05, 3.63) is 117 Å². The summed E-state index contributed by atoms with van der Waals surface area (Å²) in [5, 5.41) is 3.99. The van der Waals surface area contributed by atoms with E-state index in [2.05, 4.69) is 5.32 Å². The molecule has 260 valence electrons. The molecule has 0 heterocycles. The van der Waals surface area contributed by atoms with Crippen molar-refractivity contribution in [2.75, 3.05) is 25.1 Å². The van der Waals surface area contributed by atoms with Gasteiger partial charge in [-0.3, -0.25) is 13.9 Å². The van der Waals surface area contributed by atoms with Gasteiger partial charge in [-0.25, -0.2) is 8.42 Å². The fourth-order valence-corrected chi connectivity index (χ4v) is 6.95. The Kier molecular flexibility index (Phi) is 13.2. The molecule has 49 heavy (non-hydrogen) atoms. The molecule has 0 aliphatic carbocycles. The molecule has 0 saturated carbocycles. The van der Waals surface area contributed by atoms with Gasteiger partial charge in [-0.1, -0.05) is 78.1 Å². The SMILES string of the molecule is CC[C@@H](C)NC(=O)[C@H](Cc1ccccc1)N(Cc1ccc(Cl)c(Cl)c1)C(=O)CN(c1ccc(Cl)cc1)S(=O)(=O)c1ccc(OC)c(OC)c1. The highest BCUT2D eigenvalue weighted by Gasteiger charge is 2.35. The lowest BCUT2D eigenvalue weighted by molar-refractivity contribution is -0.140. The first kappa shape index (κ1) is 37.9. The molecule has 0 aliphatic rings. The predicted octanol–water partition coefficient (Wildman–Crippen LogP) is 7.41. The van der Waals surface area contributed by atoms with Gasteiger partial charge in [0.05, 0.1) is 34.8 Å². The summed E-state index contributed by atoms with van der Waals surface area (Å²) in [7, 11) is -1.56. The number of rotatable bonds is 15. The predicted molar refractivity (Wildman–Crippen MR) is 194 cm³/mol. The first-order chi connectivity index (χ1) is 23.4. The number of hydrogen-bond donors (Lipinski definition) is 1. The number of nitrogens with zero attached hydrogens (tertiary/aromatic N) is 2. The molecule has 4 aromatic rings. The topological polar surface area (TPSA) is 105 Å². The largest absolute Gasteiger partial charge is 0.493 e. The van der Waals surface area contributed by atoms with Gasteiger partial charge in [0.25, 0.3) is 10.0 Å². The second-order valence-corrected chi connectivity index (χ2v) is 14.4. The number of halogens is 3. The summed E-state index contributed by atoms with van der Waals surface area (Å²) in [5.74, 6) is -0.492. The van der Waals surface area contributed by atoms with Gasteiger partial charge in [0.2, 0.25) is 11.8 Å². The molecule has 2 amide bonds. The summed E-state index contributed by atoms with van der Waals surface area (Å²) in [5.41, 5.74) is 1.59. The van der Waals surface area contributed by atoms with Crippen molar-refractivity contribution in [2.45, 2.75) is 50.2 Å². The fourth-order valence-electron chi connectivity index (χ4n) is 5.07. The third-order valence-corrected chi connectivity index (χ3v) is 10.7. The minimum atomic E-state index is -4.40. The van der Waals surface area contributed by atoms with Crippen molar-refractivity contribution >= 4 is 62.3 Å². The van der Waals surface area contributed by atoms with Crippen LogP contribution in [0.5, 0.6) is 11.5 Å². The average Bonchev–Trinajstić information content (AvgIpc) is 3.10. The second-order valence-electron chi connectivity index (χ2n) is 11.3. The highest BCUT2D eigenvalue weighted by atomic mass is 35.5. The molecule has 0 unspecified atom stereocenters. The number of anilines is 1. The van der Waals surface area contributed by atoms with Crippen LogP contribution in [0.25, 0.3) is 0 Å². The van der Waals surface area contributed by atoms with Crippen LogP contribution < -0.4 is 19.1 Å². The van der Waals surface area contributed by atoms with Crippen LogP contribution in [0, 0.1) is 0 Å². The van der Waals surface area contributed by atoms with Crippen LogP contribution in [-0.2, 0) is 32.6 Å². The maximum absolute atomic E-state index is 14.7. The van der Waals surface area contributed by atoms with Crippen LogP contribution in [0.15, 0.2) is 95.9 Å². The molecule has 0 saturated heterocycles. The molecule has 4 rings (SSSR count). The van der Waals surface area contributed by atoms with Crippen molar-refractivity contribution < 1.29 is 27.5 Å². The van der Waals surface area contributed by atoms with Crippen molar-refractivity contribution in [1.29, 1.82) is 0 Å². The van der Waals surface area contributed by atoms with E-state index in [9.17, 15) is 18.0 Å². The number of benzene rings is 4. The van der Waals surface area contributed by atoms with Gasteiger partial charge < -0.3 is 19.7 Å². The minimum absolute atomic E-state index is 0.0635. The first-order valence-corrected chi connectivity index (χ1v) is 18.0. The third kappa shape index (κ3) is 9.60. The highest BCUT2D eigenvalue weighted by Crippen LogP contribution is 2.33. The lowest BCUT2D eigenvalue weighted by Crippen LogP contribution is -2.54. The van der Waals surface area contributed by atoms with Crippen LogP contribution in [0.4, 0.5) is 5.69 Å². The number of hydrogen-bond acceptors (Lipinski definition) is 6. The molecule has 13 heteroatoms. The Hall–Kier alpha value is -3.96. The standard InChI is InChI=1S/C36H38Cl3N3O6S/c1-5-24(2)40-36(44)32(20-25-9-7-6-8-10-25)41(22-26-11-17-30(38)31(39)19-26)35(43)23-42(28-14-12-27(37)13-15-28)49(45,46)29-16-18-33(47-3)34(21-29)48-4/h6-19,21,24,32H,5,20,22-23H2,1-4H3,(H,40,44)/t24-,32+/m1/s1. The number of ether oxygens (including phenoxy) is 2. The zero-order chi connectivity index (χ0) is 35.7. The fraction of sp³-hybridized carbons (Fsp3) is 0.278. The molecule has 0 aromatic heterocycles. The quantitative estimate of drug-likeness (QED) is 0.136. The Labute approximate surface area is 302 Å². The van der Waals surface area contributed by atoms with Crippen molar-refractivity contribution in [3.63, 3.8) is 0 Å². The lowest BCUT2D eigenvalue weighted by Gasteiger charge is -2.34. The third-order valence-electron chi connectivity index (χ3n) is 7.95. The van der Waals surface area contributed by atoms with Gasteiger partial charge in [-0.15, -0.1) is 0 Å². The Balaban J connectivity index is 1.84. The van der Waals surface area contributed by atoms with E-state index in [-0.39, 0.29) is 46.3 Å². The first-order valence-electron chi connectivity index (χ1n) is 15.5. The van der Waals surface area contributed by atoms with E-state index in [4.69, 9.17) is 44.3 Å². The van der Waals surface area contributed by atoms with E-state index in [1.54, 1.807) is 18.2 Å². The Morgan fingerprint density at radius 2 is 1.49 bits per heavy atom.